The Bertz CT molecular complexity index is 459. The molecule has 1 unspecified atom stereocenters. The largest absolute Gasteiger partial charge is 0.497 e. The highest BCUT2D eigenvalue weighted by molar-refractivity contribution is 5.72. The van der Waals surface area contributed by atoms with Crippen molar-refractivity contribution in [1.82, 2.24) is 4.90 Å². The second-order valence-corrected chi connectivity index (χ2v) is 4.55. The Kier molecular flexibility index (Phi) is 5.18. The molecule has 19 heavy (non-hydrogen) atoms. The van der Waals surface area contributed by atoms with E-state index in [1.807, 2.05) is 19.1 Å². The molecule has 1 aromatic rings. The van der Waals surface area contributed by atoms with Gasteiger partial charge in [-0.15, -0.1) is 0 Å². The Morgan fingerprint density at radius 2 is 2.00 bits per heavy atom. The predicted octanol–water partition coefficient (Wildman–Crippen LogP) is 1.92. The van der Waals surface area contributed by atoms with Gasteiger partial charge in [0.05, 0.1) is 14.2 Å². The van der Waals surface area contributed by atoms with Crippen LogP contribution in [0, 0.1) is 6.92 Å². The van der Waals surface area contributed by atoms with E-state index in [1.165, 1.54) is 0 Å². The lowest BCUT2D eigenvalue weighted by molar-refractivity contribution is -0.142. The van der Waals surface area contributed by atoms with Crippen LogP contribution in [0.2, 0.25) is 0 Å². The van der Waals surface area contributed by atoms with Crippen LogP contribution in [0.4, 0.5) is 0 Å². The topological polar surface area (TPSA) is 59.0 Å². The van der Waals surface area contributed by atoms with Crippen LogP contribution in [0.1, 0.15) is 18.1 Å². The van der Waals surface area contributed by atoms with Gasteiger partial charge in [0.25, 0.3) is 0 Å². The smallest absolute Gasteiger partial charge is 0.320 e. The number of hydrogen-bond donors (Lipinski definition) is 1. The minimum atomic E-state index is -0.840. The molecule has 1 N–H and O–H groups in total. The summed E-state index contributed by atoms with van der Waals surface area (Å²) in [6, 6.07) is 3.17. The van der Waals surface area contributed by atoms with E-state index in [2.05, 4.69) is 0 Å². The Morgan fingerprint density at radius 1 is 1.37 bits per heavy atom. The first-order valence-corrected chi connectivity index (χ1v) is 6.05. The number of ether oxygens (including phenoxy) is 2. The molecule has 0 saturated heterocycles. The van der Waals surface area contributed by atoms with Gasteiger partial charge in [-0.3, -0.25) is 9.69 Å². The molecule has 0 heterocycles. The van der Waals surface area contributed by atoms with Gasteiger partial charge in [-0.25, -0.2) is 0 Å². The van der Waals surface area contributed by atoms with Gasteiger partial charge in [0.15, 0.2) is 0 Å². The average Bonchev–Trinajstić information content (AvgIpc) is 2.39. The van der Waals surface area contributed by atoms with Crippen molar-refractivity contribution in [3.63, 3.8) is 0 Å². The van der Waals surface area contributed by atoms with Crippen LogP contribution in [0.25, 0.3) is 0 Å². The number of methoxy groups -OCH3 is 2. The summed E-state index contributed by atoms with van der Waals surface area (Å²) in [6.45, 7) is 4.12. The number of rotatable bonds is 6. The zero-order valence-electron chi connectivity index (χ0n) is 12.1. The molecular weight excluding hydrogens is 246 g/mol. The maximum absolute atomic E-state index is 11.0. The molecule has 0 aliphatic carbocycles. The first-order chi connectivity index (χ1) is 8.90. The highest BCUT2D eigenvalue weighted by Gasteiger charge is 2.19. The second kappa shape index (κ2) is 6.43. The molecule has 0 spiro atoms. The Morgan fingerprint density at radius 3 is 2.47 bits per heavy atom. The van der Waals surface area contributed by atoms with Crippen LogP contribution >= 0.6 is 0 Å². The summed E-state index contributed by atoms with van der Waals surface area (Å²) in [6.07, 6.45) is 0. The van der Waals surface area contributed by atoms with Gasteiger partial charge in [0, 0.05) is 18.2 Å². The summed E-state index contributed by atoms with van der Waals surface area (Å²) in [5, 5.41) is 9.02. The number of nitrogens with zero attached hydrogens (tertiary/aromatic N) is 1. The van der Waals surface area contributed by atoms with Crippen LogP contribution in [-0.4, -0.2) is 43.3 Å². The summed E-state index contributed by atoms with van der Waals surface area (Å²) < 4.78 is 10.6. The van der Waals surface area contributed by atoms with Crippen LogP contribution < -0.4 is 9.47 Å². The van der Waals surface area contributed by atoms with E-state index in [-0.39, 0.29) is 0 Å². The van der Waals surface area contributed by atoms with Crippen molar-refractivity contribution in [3.05, 3.63) is 23.3 Å². The fourth-order valence-electron chi connectivity index (χ4n) is 1.83. The lowest BCUT2D eigenvalue weighted by Crippen LogP contribution is -2.35. The molecule has 0 radical (unpaired) electrons. The minimum absolute atomic E-state index is 0.506. The fraction of sp³-hybridized carbons (Fsp3) is 0.500. The minimum Gasteiger partial charge on any atom is -0.497 e. The number of aryl methyl sites for hydroxylation is 1. The van der Waals surface area contributed by atoms with Crippen LogP contribution in [0.5, 0.6) is 11.5 Å². The van der Waals surface area contributed by atoms with Gasteiger partial charge >= 0.3 is 5.97 Å². The first-order valence-electron chi connectivity index (χ1n) is 6.05. The molecule has 5 nitrogen and oxygen atoms in total. The van der Waals surface area contributed by atoms with Gasteiger partial charge in [0.2, 0.25) is 0 Å². The fourth-order valence-corrected chi connectivity index (χ4v) is 1.83. The van der Waals surface area contributed by atoms with Crippen molar-refractivity contribution in [2.75, 3.05) is 21.3 Å². The molecule has 0 amide bonds. The first kappa shape index (κ1) is 15.3. The Labute approximate surface area is 113 Å². The van der Waals surface area contributed by atoms with Crippen LogP contribution in [0.15, 0.2) is 12.1 Å². The van der Waals surface area contributed by atoms with Crippen molar-refractivity contribution in [2.24, 2.45) is 0 Å². The number of carbonyl (C=O) groups is 1. The van der Waals surface area contributed by atoms with Crippen LogP contribution in [0.3, 0.4) is 0 Å². The lowest BCUT2D eigenvalue weighted by Gasteiger charge is -2.23. The van der Waals surface area contributed by atoms with Gasteiger partial charge < -0.3 is 14.6 Å². The molecule has 0 aliphatic heterocycles. The van der Waals surface area contributed by atoms with Gasteiger partial charge in [-0.05, 0) is 32.5 Å². The molecule has 0 aliphatic rings. The number of carboxylic acid groups (broad SMARTS) is 1. The molecule has 5 heteroatoms. The summed E-state index contributed by atoms with van der Waals surface area (Å²) in [5.41, 5.74) is 1.99. The highest BCUT2D eigenvalue weighted by Crippen LogP contribution is 2.29. The quantitative estimate of drug-likeness (QED) is 0.853. The number of hydrogen-bond acceptors (Lipinski definition) is 4. The van der Waals surface area contributed by atoms with E-state index >= 15 is 0 Å². The molecule has 0 fully saturated rings. The van der Waals surface area contributed by atoms with Crippen molar-refractivity contribution >= 4 is 5.97 Å². The van der Waals surface area contributed by atoms with E-state index in [0.717, 1.165) is 16.9 Å². The molecule has 0 bridgehead atoms. The van der Waals surface area contributed by atoms with Crippen molar-refractivity contribution < 1.29 is 19.4 Å². The molecule has 1 atom stereocenters. The summed E-state index contributed by atoms with van der Waals surface area (Å²) in [4.78, 5) is 12.7. The second-order valence-electron chi connectivity index (χ2n) is 4.55. The summed E-state index contributed by atoms with van der Waals surface area (Å²) in [7, 11) is 4.98. The maximum atomic E-state index is 11.0. The summed E-state index contributed by atoms with van der Waals surface area (Å²) in [5.74, 6) is 0.598. The SMILES string of the molecule is COc1cc(C)c(CN(C)C(C)C(=O)O)c(OC)c1. The summed E-state index contributed by atoms with van der Waals surface area (Å²) >= 11 is 0. The van der Waals surface area contributed by atoms with E-state index in [1.54, 1.807) is 33.1 Å². The highest BCUT2D eigenvalue weighted by atomic mass is 16.5. The van der Waals surface area contributed by atoms with Gasteiger partial charge in [0.1, 0.15) is 17.5 Å². The van der Waals surface area contributed by atoms with Gasteiger partial charge in [-0.2, -0.15) is 0 Å². The number of aliphatic carboxylic acids is 1. The Balaban J connectivity index is 3.03. The van der Waals surface area contributed by atoms with E-state index < -0.39 is 12.0 Å². The van der Waals surface area contributed by atoms with Crippen LogP contribution in [-0.2, 0) is 11.3 Å². The number of carboxylic acids is 1. The number of likely N-dealkylation sites (N-methyl/N-ethyl adjacent to an activating group) is 1. The van der Waals surface area contributed by atoms with E-state index in [9.17, 15) is 4.79 Å². The third-order valence-corrected chi connectivity index (χ3v) is 3.29. The zero-order valence-corrected chi connectivity index (χ0v) is 12.1. The molecule has 0 saturated carbocycles. The van der Waals surface area contributed by atoms with Crippen molar-refractivity contribution in [1.29, 1.82) is 0 Å². The standard InChI is InChI=1S/C14H21NO4/c1-9-6-11(18-4)7-13(19-5)12(9)8-15(3)10(2)14(16)17/h6-7,10H,8H2,1-5H3,(H,16,17). The monoisotopic (exact) mass is 267 g/mol. The third kappa shape index (κ3) is 3.61. The van der Waals surface area contributed by atoms with E-state index in [0.29, 0.717) is 12.3 Å². The average molecular weight is 267 g/mol. The molecular formula is C14H21NO4. The third-order valence-electron chi connectivity index (χ3n) is 3.29. The molecule has 106 valence electrons. The lowest BCUT2D eigenvalue weighted by atomic mass is 10.1. The normalized spacial score (nSPS) is 12.3. The molecule has 1 aromatic carbocycles. The molecule has 1 rings (SSSR count). The van der Waals surface area contributed by atoms with E-state index in [4.69, 9.17) is 14.6 Å². The molecule has 0 aromatic heterocycles. The Hall–Kier alpha value is -1.75. The van der Waals surface area contributed by atoms with Crippen molar-refractivity contribution in [2.45, 2.75) is 26.4 Å². The predicted molar refractivity (Wildman–Crippen MR) is 72.8 cm³/mol. The maximum Gasteiger partial charge on any atom is 0.320 e. The van der Waals surface area contributed by atoms with Gasteiger partial charge in [-0.1, -0.05) is 0 Å². The zero-order chi connectivity index (χ0) is 14.6. The number of benzene rings is 1. The van der Waals surface area contributed by atoms with Crippen molar-refractivity contribution in [3.8, 4) is 11.5 Å².